The van der Waals surface area contributed by atoms with Crippen molar-refractivity contribution < 1.29 is 9.53 Å². The molecule has 0 aliphatic carbocycles. The van der Waals surface area contributed by atoms with Crippen molar-refractivity contribution in [2.75, 3.05) is 13.3 Å². The van der Waals surface area contributed by atoms with Crippen molar-refractivity contribution in [3.63, 3.8) is 0 Å². The maximum absolute atomic E-state index is 12.8. The fourth-order valence-electron chi connectivity index (χ4n) is 4.02. The van der Waals surface area contributed by atoms with E-state index in [0.29, 0.717) is 27.2 Å². The summed E-state index contributed by atoms with van der Waals surface area (Å²) in [4.78, 5) is 12.8. The van der Waals surface area contributed by atoms with E-state index in [2.05, 4.69) is 48.2 Å². The number of amides is 1. The molecule has 0 radical (unpaired) electrons. The van der Waals surface area contributed by atoms with Crippen LogP contribution in [0.2, 0.25) is 0 Å². The first-order chi connectivity index (χ1) is 12.8. The van der Waals surface area contributed by atoms with Gasteiger partial charge in [0.05, 0.1) is 6.61 Å². The molecule has 0 aromatic rings. The standard InChI is InChI=1S/C23H48NO2P/c1-8-10-12-14-16-21(17-15-13-11-9-2)19-26-22(25)24(27-7)23(5,6)18-20(3)4/h20-21,27H,8-19H2,1-7H3. The molecule has 162 valence electrons. The van der Waals surface area contributed by atoms with Gasteiger partial charge in [0.2, 0.25) is 0 Å². The van der Waals surface area contributed by atoms with Crippen LogP contribution in [0.25, 0.3) is 0 Å². The first-order valence-corrected chi connectivity index (χ1v) is 12.9. The largest absolute Gasteiger partial charge is 0.449 e. The second-order valence-corrected chi connectivity index (χ2v) is 10.0. The van der Waals surface area contributed by atoms with Gasteiger partial charge in [-0.25, -0.2) is 4.79 Å². The third-order valence-corrected chi connectivity index (χ3v) is 6.53. The Morgan fingerprint density at radius 1 is 0.963 bits per heavy atom. The van der Waals surface area contributed by atoms with Crippen LogP contribution in [0, 0.1) is 11.8 Å². The molecule has 27 heavy (non-hydrogen) atoms. The molecule has 1 atom stereocenters. The minimum Gasteiger partial charge on any atom is -0.449 e. The summed E-state index contributed by atoms with van der Waals surface area (Å²) in [7, 11) is 0.444. The van der Waals surface area contributed by atoms with E-state index in [1.807, 2.05) is 4.67 Å². The van der Waals surface area contributed by atoms with Gasteiger partial charge in [0.25, 0.3) is 0 Å². The number of nitrogens with zero attached hydrogens (tertiary/aromatic N) is 1. The topological polar surface area (TPSA) is 29.5 Å². The molecule has 0 bridgehead atoms. The highest BCUT2D eigenvalue weighted by Gasteiger charge is 2.32. The van der Waals surface area contributed by atoms with Crippen LogP contribution in [0.5, 0.6) is 0 Å². The molecule has 3 nitrogen and oxygen atoms in total. The van der Waals surface area contributed by atoms with Gasteiger partial charge < -0.3 is 4.74 Å². The Bertz CT molecular complexity index is 359. The second-order valence-electron chi connectivity index (χ2n) is 9.11. The normalized spacial score (nSPS) is 12.5. The van der Waals surface area contributed by atoms with Gasteiger partial charge in [0.1, 0.15) is 0 Å². The van der Waals surface area contributed by atoms with E-state index in [4.69, 9.17) is 4.74 Å². The third kappa shape index (κ3) is 12.7. The lowest BCUT2D eigenvalue weighted by atomic mass is 9.93. The van der Waals surface area contributed by atoms with Crippen LogP contribution >= 0.6 is 8.73 Å². The van der Waals surface area contributed by atoms with Gasteiger partial charge in [-0.1, -0.05) is 79.1 Å². The van der Waals surface area contributed by atoms with Gasteiger partial charge in [-0.2, -0.15) is 0 Å². The molecule has 1 amide bonds. The molecule has 0 heterocycles. The molecule has 0 aliphatic rings. The Labute approximate surface area is 172 Å². The molecule has 0 saturated carbocycles. The van der Waals surface area contributed by atoms with Gasteiger partial charge in [0, 0.05) is 5.54 Å². The number of carbonyl (C=O) groups is 1. The number of ether oxygens (including phenoxy) is 1. The van der Waals surface area contributed by atoms with E-state index in [9.17, 15) is 4.79 Å². The second kappa shape index (κ2) is 15.6. The monoisotopic (exact) mass is 401 g/mol. The Balaban J connectivity index is 4.61. The Kier molecular flexibility index (Phi) is 15.4. The van der Waals surface area contributed by atoms with Crippen LogP contribution in [0.1, 0.15) is 112 Å². The quantitative estimate of drug-likeness (QED) is 0.193. The van der Waals surface area contributed by atoms with E-state index in [-0.39, 0.29) is 11.6 Å². The summed E-state index contributed by atoms with van der Waals surface area (Å²) >= 11 is 0. The van der Waals surface area contributed by atoms with Crippen molar-refractivity contribution in [3.8, 4) is 0 Å². The highest BCUT2D eigenvalue weighted by Crippen LogP contribution is 2.32. The molecule has 0 aromatic heterocycles. The van der Waals surface area contributed by atoms with E-state index in [0.717, 1.165) is 6.42 Å². The fourth-order valence-corrected chi connectivity index (χ4v) is 4.96. The molecule has 0 N–H and O–H groups in total. The summed E-state index contributed by atoms with van der Waals surface area (Å²) in [6.45, 7) is 15.9. The van der Waals surface area contributed by atoms with Gasteiger partial charge >= 0.3 is 6.09 Å². The van der Waals surface area contributed by atoms with Crippen LogP contribution in [-0.4, -0.2) is 29.6 Å². The van der Waals surface area contributed by atoms with Gasteiger partial charge in [-0.15, -0.1) is 0 Å². The van der Waals surface area contributed by atoms with Crippen molar-refractivity contribution in [1.82, 2.24) is 4.67 Å². The zero-order valence-corrected chi connectivity index (χ0v) is 20.4. The van der Waals surface area contributed by atoms with E-state index in [1.165, 1.54) is 64.2 Å². The van der Waals surface area contributed by atoms with E-state index in [1.54, 1.807) is 0 Å². The average molecular weight is 402 g/mol. The highest BCUT2D eigenvalue weighted by molar-refractivity contribution is 7.35. The molecular formula is C23H48NO2P. The molecule has 0 aliphatic heterocycles. The Morgan fingerprint density at radius 3 is 1.89 bits per heavy atom. The minimum atomic E-state index is -0.143. The number of unbranched alkanes of at least 4 members (excludes halogenated alkanes) is 6. The van der Waals surface area contributed by atoms with Crippen LogP contribution in [-0.2, 0) is 4.74 Å². The zero-order valence-electron chi connectivity index (χ0n) is 19.4. The zero-order chi connectivity index (χ0) is 20.7. The SMILES string of the molecule is CCCCCCC(CCCCCC)COC(=O)N(PC)C(C)(C)CC(C)C. The summed E-state index contributed by atoms with van der Waals surface area (Å²) in [5, 5.41) is 0. The highest BCUT2D eigenvalue weighted by atomic mass is 31.1. The minimum absolute atomic E-state index is 0.117. The van der Waals surface area contributed by atoms with Crippen molar-refractivity contribution in [3.05, 3.63) is 0 Å². The first kappa shape index (κ1) is 26.7. The van der Waals surface area contributed by atoms with Gasteiger partial charge in [-0.3, -0.25) is 4.67 Å². The molecule has 0 fully saturated rings. The van der Waals surface area contributed by atoms with Crippen LogP contribution < -0.4 is 0 Å². The predicted octanol–water partition coefficient (Wildman–Crippen LogP) is 8.03. The maximum atomic E-state index is 12.8. The smallest absolute Gasteiger partial charge is 0.413 e. The summed E-state index contributed by atoms with van der Waals surface area (Å²) < 4.78 is 7.78. The molecule has 4 heteroatoms. The van der Waals surface area contributed by atoms with Crippen molar-refractivity contribution >= 4 is 14.8 Å². The van der Waals surface area contributed by atoms with Gasteiger partial charge in [-0.05, 0) is 60.3 Å². The Hall–Kier alpha value is -0.300. The Morgan fingerprint density at radius 2 is 1.48 bits per heavy atom. The molecule has 1 unspecified atom stereocenters. The lowest BCUT2D eigenvalue weighted by molar-refractivity contribution is 0.0809. The van der Waals surface area contributed by atoms with Crippen molar-refractivity contribution in [2.45, 2.75) is 118 Å². The fraction of sp³-hybridized carbons (Fsp3) is 0.957. The number of rotatable bonds is 16. The molecule has 0 spiro atoms. The third-order valence-electron chi connectivity index (χ3n) is 5.29. The van der Waals surface area contributed by atoms with Crippen molar-refractivity contribution in [2.24, 2.45) is 11.8 Å². The number of hydrogen-bond acceptors (Lipinski definition) is 2. The molecule has 0 rings (SSSR count). The summed E-state index contributed by atoms with van der Waals surface area (Å²) in [6, 6.07) is 0. The lowest BCUT2D eigenvalue weighted by Crippen LogP contribution is -2.43. The van der Waals surface area contributed by atoms with E-state index >= 15 is 0 Å². The van der Waals surface area contributed by atoms with Gasteiger partial charge in [0.15, 0.2) is 0 Å². The average Bonchev–Trinajstić information content (AvgIpc) is 2.58. The maximum Gasteiger partial charge on any atom is 0.413 e. The van der Waals surface area contributed by atoms with Crippen LogP contribution in [0.4, 0.5) is 4.79 Å². The first-order valence-electron chi connectivity index (χ1n) is 11.4. The summed E-state index contributed by atoms with van der Waals surface area (Å²) in [5.74, 6) is 1.09. The number of hydrogen-bond donors (Lipinski definition) is 0. The summed E-state index contributed by atoms with van der Waals surface area (Å²) in [5.41, 5.74) is -0.143. The predicted molar refractivity (Wildman–Crippen MR) is 122 cm³/mol. The molecule has 0 saturated heterocycles. The van der Waals surface area contributed by atoms with Crippen LogP contribution in [0.3, 0.4) is 0 Å². The lowest BCUT2D eigenvalue weighted by Gasteiger charge is -2.38. The number of carbonyl (C=O) groups excluding carboxylic acids is 1. The van der Waals surface area contributed by atoms with Crippen molar-refractivity contribution in [1.29, 1.82) is 0 Å². The summed E-state index contributed by atoms with van der Waals surface area (Å²) in [6.07, 6.45) is 13.6. The van der Waals surface area contributed by atoms with Crippen LogP contribution in [0.15, 0.2) is 0 Å². The molecular weight excluding hydrogens is 353 g/mol. The van der Waals surface area contributed by atoms with E-state index < -0.39 is 0 Å². The molecule has 0 aromatic carbocycles.